The third-order valence-electron chi connectivity index (χ3n) is 6.38. The summed E-state index contributed by atoms with van der Waals surface area (Å²) in [6.07, 6.45) is 7.22. The average Bonchev–Trinajstić information content (AvgIpc) is 2.81. The van der Waals surface area contributed by atoms with Crippen molar-refractivity contribution in [3.8, 4) is 0 Å². The molecule has 2 atom stereocenters. The van der Waals surface area contributed by atoms with Gasteiger partial charge >= 0.3 is 6.03 Å². The zero-order valence-corrected chi connectivity index (χ0v) is 12.8. The molecule has 3 N–H and O–H groups in total. The van der Waals surface area contributed by atoms with Gasteiger partial charge in [-0.2, -0.15) is 0 Å². The van der Waals surface area contributed by atoms with E-state index in [0.29, 0.717) is 13.1 Å². The molecular weight excluding hydrogens is 266 g/mol. The van der Waals surface area contributed by atoms with Crippen LogP contribution in [0.4, 0.5) is 4.79 Å². The Morgan fingerprint density at radius 2 is 1.71 bits per heavy atom. The smallest absolute Gasteiger partial charge is 0.317 e. The highest BCUT2D eigenvalue weighted by molar-refractivity contribution is 5.75. The number of likely N-dealkylation sites (N-methyl/N-ethyl adjacent to an activating group) is 1. The molecule has 4 saturated carbocycles. The maximum absolute atomic E-state index is 12.6. The Bertz CT molecular complexity index is 404. The number of aliphatic hydroxyl groups excluding tert-OH is 1. The molecule has 2 amide bonds. The van der Waals surface area contributed by atoms with E-state index >= 15 is 0 Å². The molecule has 5 rings (SSSR count). The number of rotatable bonds is 2. The summed E-state index contributed by atoms with van der Waals surface area (Å²) in [5.41, 5.74) is 0.0527. The van der Waals surface area contributed by atoms with Crippen LogP contribution >= 0.6 is 0 Å². The van der Waals surface area contributed by atoms with Crippen LogP contribution in [0.5, 0.6) is 0 Å². The summed E-state index contributed by atoms with van der Waals surface area (Å²) in [5.74, 6) is 2.50. The number of aliphatic hydroxyl groups is 1. The fraction of sp³-hybridized carbons (Fsp3) is 0.938. The monoisotopic (exact) mass is 293 g/mol. The van der Waals surface area contributed by atoms with Gasteiger partial charge in [0.25, 0.3) is 0 Å². The van der Waals surface area contributed by atoms with Gasteiger partial charge in [-0.3, -0.25) is 0 Å². The highest BCUT2D eigenvalue weighted by Gasteiger charge is 2.52. The summed E-state index contributed by atoms with van der Waals surface area (Å²) in [6, 6.07) is -0.0939. The molecule has 1 saturated heterocycles. The Morgan fingerprint density at radius 1 is 1.14 bits per heavy atom. The molecule has 0 aromatic rings. The number of carbonyl (C=O) groups is 1. The van der Waals surface area contributed by atoms with Crippen LogP contribution in [0.3, 0.4) is 0 Å². The minimum atomic E-state index is -0.447. The van der Waals surface area contributed by atoms with Crippen LogP contribution in [0.2, 0.25) is 0 Å². The standard InChI is InChI=1S/C16H27N3O2/c1-19(13-8-17-9-14(13)20)15(21)18-16-5-10-2-11(6-16)4-12(3-10)7-16/h10-14,17,20H,2-9H2,1H3,(H,18,21)/t10?,11?,12?,13-,14-,16?/m1/s1. The molecule has 5 aliphatic rings. The lowest BCUT2D eigenvalue weighted by Crippen LogP contribution is -2.62. The molecular formula is C16H27N3O2. The topological polar surface area (TPSA) is 64.6 Å². The molecule has 0 radical (unpaired) electrons. The molecule has 1 aliphatic heterocycles. The fourth-order valence-corrected chi connectivity index (χ4v) is 5.78. The van der Waals surface area contributed by atoms with Crippen molar-refractivity contribution in [1.82, 2.24) is 15.5 Å². The Morgan fingerprint density at radius 3 is 2.19 bits per heavy atom. The first-order valence-corrected chi connectivity index (χ1v) is 8.48. The second-order valence-corrected chi connectivity index (χ2v) is 8.03. The van der Waals surface area contributed by atoms with Gasteiger partial charge < -0.3 is 20.6 Å². The first-order chi connectivity index (χ1) is 10.0. The third kappa shape index (κ3) is 2.34. The van der Waals surface area contributed by atoms with E-state index in [1.807, 2.05) is 7.05 Å². The van der Waals surface area contributed by atoms with E-state index in [-0.39, 0.29) is 17.6 Å². The van der Waals surface area contributed by atoms with Crippen LogP contribution in [0.1, 0.15) is 38.5 Å². The molecule has 0 spiro atoms. The van der Waals surface area contributed by atoms with E-state index in [9.17, 15) is 9.90 Å². The average molecular weight is 293 g/mol. The molecule has 4 bridgehead atoms. The molecule has 5 nitrogen and oxygen atoms in total. The molecule has 5 fully saturated rings. The zero-order chi connectivity index (χ0) is 14.6. The van der Waals surface area contributed by atoms with E-state index in [1.54, 1.807) is 4.90 Å². The maximum Gasteiger partial charge on any atom is 0.317 e. The van der Waals surface area contributed by atoms with Gasteiger partial charge in [0.1, 0.15) is 0 Å². The van der Waals surface area contributed by atoms with Crippen molar-refractivity contribution in [3.63, 3.8) is 0 Å². The molecule has 1 heterocycles. The van der Waals surface area contributed by atoms with Gasteiger partial charge in [-0.1, -0.05) is 0 Å². The summed E-state index contributed by atoms with van der Waals surface area (Å²) < 4.78 is 0. The van der Waals surface area contributed by atoms with Crippen molar-refractivity contribution < 1.29 is 9.90 Å². The highest BCUT2D eigenvalue weighted by atomic mass is 16.3. The number of nitrogens with one attached hydrogen (secondary N) is 2. The number of nitrogens with zero attached hydrogens (tertiary/aromatic N) is 1. The molecule has 4 aliphatic carbocycles. The number of hydrogen-bond acceptors (Lipinski definition) is 3. The van der Waals surface area contributed by atoms with Gasteiger partial charge in [0.05, 0.1) is 12.1 Å². The number of urea groups is 1. The Hall–Kier alpha value is -0.810. The van der Waals surface area contributed by atoms with Crippen LogP contribution in [0.15, 0.2) is 0 Å². The van der Waals surface area contributed by atoms with Crippen molar-refractivity contribution in [2.75, 3.05) is 20.1 Å². The van der Waals surface area contributed by atoms with Gasteiger partial charge in [-0.25, -0.2) is 4.79 Å². The lowest BCUT2D eigenvalue weighted by Gasteiger charge is -2.57. The summed E-state index contributed by atoms with van der Waals surface area (Å²) >= 11 is 0. The van der Waals surface area contributed by atoms with Crippen LogP contribution in [-0.2, 0) is 0 Å². The molecule has 0 unspecified atom stereocenters. The minimum absolute atomic E-state index is 0.00435. The van der Waals surface area contributed by atoms with E-state index in [1.165, 1.54) is 38.5 Å². The zero-order valence-electron chi connectivity index (χ0n) is 12.8. The van der Waals surface area contributed by atoms with Gasteiger partial charge in [-0.05, 0) is 56.3 Å². The molecule has 5 heteroatoms. The molecule has 0 aromatic heterocycles. The third-order valence-corrected chi connectivity index (χ3v) is 6.38. The highest BCUT2D eigenvalue weighted by Crippen LogP contribution is 2.55. The Kier molecular flexibility index (Phi) is 3.19. The van der Waals surface area contributed by atoms with Crippen molar-refractivity contribution in [2.24, 2.45) is 17.8 Å². The summed E-state index contributed by atoms with van der Waals surface area (Å²) in [6.45, 7) is 1.27. The van der Waals surface area contributed by atoms with Crippen molar-refractivity contribution in [3.05, 3.63) is 0 Å². The van der Waals surface area contributed by atoms with Crippen LogP contribution < -0.4 is 10.6 Å². The largest absolute Gasteiger partial charge is 0.390 e. The maximum atomic E-state index is 12.6. The molecule has 118 valence electrons. The summed E-state index contributed by atoms with van der Waals surface area (Å²) in [4.78, 5) is 14.3. The second kappa shape index (κ2) is 4.85. The van der Waals surface area contributed by atoms with Gasteiger partial charge in [-0.15, -0.1) is 0 Å². The normalized spacial score (nSPS) is 47.6. The summed E-state index contributed by atoms with van der Waals surface area (Å²) in [7, 11) is 1.82. The second-order valence-electron chi connectivity index (χ2n) is 8.03. The van der Waals surface area contributed by atoms with E-state index in [2.05, 4.69) is 10.6 Å². The van der Waals surface area contributed by atoms with Crippen molar-refractivity contribution in [2.45, 2.75) is 56.2 Å². The number of carbonyl (C=O) groups excluding carboxylic acids is 1. The predicted molar refractivity (Wildman–Crippen MR) is 79.9 cm³/mol. The van der Waals surface area contributed by atoms with E-state index in [0.717, 1.165) is 17.8 Å². The quantitative estimate of drug-likeness (QED) is 0.710. The predicted octanol–water partition coefficient (Wildman–Crippen LogP) is 0.929. The Balaban J connectivity index is 1.44. The molecule has 0 aromatic carbocycles. The Labute approximate surface area is 126 Å². The molecule has 21 heavy (non-hydrogen) atoms. The van der Waals surface area contributed by atoms with Gasteiger partial charge in [0.2, 0.25) is 0 Å². The number of β-amino-alcohol motifs (C(OH)–C–C–N with tert-alkyl or cyclic N) is 1. The number of amides is 2. The van der Waals surface area contributed by atoms with Crippen LogP contribution in [0, 0.1) is 17.8 Å². The first kappa shape index (κ1) is 13.8. The number of hydrogen-bond donors (Lipinski definition) is 3. The SMILES string of the molecule is CN(C(=O)NC12CC3CC(CC(C3)C1)C2)[C@@H]1CNC[C@H]1O. The van der Waals surface area contributed by atoms with E-state index in [4.69, 9.17) is 0 Å². The van der Waals surface area contributed by atoms with Crippen molar-refractivity contribution >= 4 is 6.03 Å². The van der Waals surface area contributed by atoms with Crippen LogP contribution in [-0.4, -0.2) is 53.9 Å². The minimum Gasteiger partial charge on any atom is -0.390 e. The van der Waals surface area contributed by atoms with E-state index < -0.39 is 6.10 Å². The van der Waals surface area contributed by atoms with Gasteiger partial charge in [0, 0.05) is 25.7 Å². The van der Waals surface area contributed by atoms with Gasteiger partial charge in [0.15, 0.2) is 0 Å². The van der Waals surface area contributed by atoms with Crippen molar-refractivity contribution in [1.29, 1.82) is 0 Å². The first-order valence-electron chi connectivity index (χ1n) is 8.48. The van der Waals surface area contributed by atoms with Crippen LogP contribution in [0.25, 0.3) is 0 Å². The summed E-state index contributed by atoms with van der Waals surface area (Å²) in [5, 5.41) is 16.5. The lowest BCUT2D eigenvalue weighted by molar-refractivity contribution is -0.0167. The lowest BCUT2D eigenvalue weighted by atomic mass is 9.53. The fourth-order valence-electron chi connectivity index (χ4n) is 5.78.